The summed E-state index contributed by atoms with van der Waals surface area (Å²) in [5, 5.41) is 4.31. The molecule has 1 aliphatic carbocycles. The Hall–Kier alpha value is -0.730. The molecule has 3 heteroatoms. The molecule has 1 aromatic carbocycles. The molecule has 1 aromatic rings. The van der Waals surface area contributed by atoms with Gasteiger partial charge >= 0.3 is 0 Å². The van der Waals surface area contributed by atoms with Gasteiger partial charge in [0.25, 0.3) is 0 Å². The average molecular weight is 240 g/mol. The fourth-order valence-electron chi connectivity index (χ4n) is 1.97. The summed E-state index contributed by atoms with van der Waals surface area (Å²) in [6, 6.07) is 6.37. The number of methoxy groups -OCH3 is 1. The van der Waals surface area contributed by atoms with E-state index in [0.717, 1.165) is 23.2 Å². The summed E-state index contributed by atoms with van der Waals surface area (Å²) >= 11 is 6.20. The molecular weight excluding hydrogens is 222 g/mol. The van der Waals surface area contributed by atoms with Crippen molar-refractivity contribution in [1.82, 2.24) is 0 Å². The lowest BCUT2D eigenvalue weighted by Crippen LogP contribution is -2.27. The van der Waals surface area contributed by atoms with Crippen LogP contribution in [0.15, 0.2) is 18.2 Å². The molecule has 16 heavy (non-hydrogen) atoms. The van der Waals surface area contributed by atoms with Gasteiger partial charge in [-0.15, -0.1) is 0 Å². The molecule has 2 nitrogen and oxygen atoms in total. The number of halogens is 1. The third-order valence-corrected chi connectivity index (χ3v) is 3.40. The molecule has 88 valence electrons. The Labute approximate surface area is 102 Å². The lowest BCUT2D eigenvalue weighted by atomic mass is 10.1. The molecule has 1 aliphatic rings. The van der Waals surface area contributed by atoms with Crippen LogP contribution in [0.3, 0.4) is 0 Å². The lowest BCUT2D eigenvalue weighted by Gasteiger charge is -2.21. The molecule has 1 fully saturated rings. The quantitative estimate of drug-likeness (QED) is 0.850. The van der Waals surface area contributed by atoms with Crippen LogP contribution in [0, 0.1) is 12.8 Å². The van der Waals surface area contributed by atoms with Crippen LogP contribution in [0.2, 0.25) is 5.02 Å². The van der Waals surface area contributed by atoms with Crippen LogP contribution in [0.4, 0.5) is 5.69 Å². The van der Waals surface area contributed by atoms with E-state index < -0.39 is 0 Å². The molecule has 0 aliphatic heterocycles. The average Bonchev–Trinajstić information content (AvgIpc) is 3.06. The first kappa shape index (κ1) is 11.7. The summed E-state index contributed by atoms with van der Waals surface area (Å²) in [5.74, 6) is 0.746. The fourth-order valence-corrected chi connectivity index (χ4v) is 2.25. The highest BCUT2D eigenvalue weighted by Gasteiger charge is 2.31. The van der Waals surface area contributed by atoms with Crippen molar-refractivity contribution >= 4 is 17.3 Å². The molecule has 0 amide bonds. The van der Waals surface area contributed by atoms with Gasteiger partial charge in [0.2, 0.25) is 0 Å². The zero-order valence-electron chi connectivity index (χ0n) is 9.79. The van der Waals surface area contributed by atoms with Crippen LogP contribution in [0.5, 0.6) is 0 Å². The first-order chi connectivity index (χ1) is 7.72. The Morgan fingerprint density at radius 2 is 2.25 bits per heavy atom. The topological polar surface area (TPSA) is 21.3 Å². The smallest absolute Gasteiger partial charge is 0.0666 e. The van der Waals surface area contributed by atoms with Gasteiger partial charge in [-0.1, -0.05) is 23.7 Å². The van der Waals surface area contributed by atoms with Gasteiger partial charge in [-0.2, -0.15) is 0 Å². The maximum absolute atomic E-state index is 6.20. The van der Waals surface area contributed by atoms with E-state index in [4.69, 9.17) is 16.3 Å². The number of anilines is 1. The van der Waals surface area contributed by atoms with Crippen LogP contribution in [-0.2, 0) is 4.74 Å². The Morgan fingerprint density at radius 1 is 1.50 bits per heavy atom. The Kier molecular flexibility index (Phi) is 3.72. The van der Waals surface area contributed by atoms with Crippen molar-refractivity contribution in [1.29, 1.82) is 0 Å². The predicted molar refractivity (Wildman–Crippen MR) is 68.2 cm³/mol. The standard InChI is InChI=1S/C13H18ClNO/c1-9-4-3-5-11(14)13(9)15-12(8-16-2)10-6-7-10/h3-5,10,12,15H,6-8H2,1-2H3. The second kappa shape index (κ2) is 5.07. The molecule has 0 bridgehead atoms. The second-order valence-electron chi connectivity index (χ2n) is 4.48. The zero-order valence-corrected chi connectivity index (χ0v) is 10.6. The van der Waals surface area contributed by atoms with Crippen LogP contribution in [0.25, 0.3) is 0 Å². The van der Waals surface area contributed by atoms with Crippen molar-refractivity contribution in [3.05, 3.63) is 28.8 Å². The maximum atomic E-state index is 6.20. The maximum Gasteiger partial charge on any atom is 0.0666 e. The van der Waals surface area contributed by atoms with Crippen molar-refractivity contribution in [2.75, 3.05) is 19.0 Å². The van der Waals surface area contributed by atoms with Crippen molar-refractivity contribution in [2.45, 2.75) is 25.8 Å². The van der Waals surface area contributed by atoms with Gasteiger partial charge in [-0.25, -0.2) is 0 Å². The first-order valence-corrected chi connectivity index (χ1v) is 6.10. The molecule has 2 rings (SSSR count). The summed E-state index contributed by atoms with van der Waals surface area (Å²) in [4.78, 5) is 0. The molecule has 0 saturated heterocycles. The summed E-state index contributed by atoms with van der Waals surface area (Å²) < 4.78 is 5.25. The van der Waals surface area contributed by atoms with Crippen LogP contribution in [-0.4, -0.2) is 19.8 Å². The molecule has 0 radical (unpaired) electrons. The molecule has 0 heterocycles. The van der Waals surface area contributed by atoms with Gasteiger partial charge in [0.15, 0.2) is 0 Å². The number of rotatable bonds is 5. The second-order valence-corrected chi connectivity index (χ2v) is 4.88. The number of hydrogen-bond acceptors (Lipinski definition) is 2. The molecule has 1 N–H and O–H groups in total. The van der Waals surface area contributed by atoms with Gasteiger partial charge in [0.1, 0.15) is 0 Å². The first-order valence-electron chi connectivity index (χ1n) is 5.73. The Bertz CT molecular complexity index is 343. The van der Waals surface area contributed by atoms with E-state index in [1.54, 1.807) is 7.11 Å². The molecule has 1 saturated carbocycles. The highest BCUT2D eigenvalue weighted by atomic mass is 35.5. The normalized spacial score (nSPS) is 17.2. The highest BCUT2D eigenvalue weighted by molar-refractivity contribution is 6.33. The van der Waals surface area contributed by atoms with E-state index in [0.29, 0.717) is 6.04 Å². The van der Waals surface area contributed by atoms with E-state index in [9.17, 15) is 0 Å². The summed E-state index contributed by atoms with van der Waals surface area (Å²) in [6.07, 6.45) is 2.59. The van der Waals surface area contributed by atoms with Gasteiger partial charge in [-0.3, -0.25) is 0 Å². The lowest BCUT2D eigenvalue weighted by molar-refractivity contribution is 0.179. The number of ether oxygens (including phenoxy) is 1. The number of hydrogen-bond donors (Lipinski definition) is 1. The summed E-state index contributed by atoms with van der Waals surface area (Å²) in [5.41, 5.74) is 2.24. The van der Waals surface area contributed by atoms with Crippen molar-refractivity contribution in [3.63, 3.8) is 0 Å². The number of aryl methyl sites for hydroxylation is 1. The summed E-state index contributed by atoms with van der Waals surface area (Å²) in [7, 11) is 1.75. The number of benzene rings is 1. The van der Waals surface area contributed by atoms with Crippen LogP contribution in [0.1, 0.15) is 18.4 Å². The van der Waals surface area contributed by atoms with E-state index >= 15 is 0 Å². The third kappa shape index (κ3) is 2.69. The molecular formula is C13H18ClNO. The minimum atomic E-state index is 0.392. The minimum absolute atomic E-state index is 0.392. The van der Waals surface area contributed by atoms with Gasteiger partial charge in [-0.05, 0) is 37.3 Å². The zero-order chi connectivity index (χ0) is 11.5. The van der Waals surface area contributed by atoms with Gasteiger partial charge in [0, 0.05) is 7.11 Å². The number of nitrogens with one attached hydrogen (secondary N) is 1. The molecule has 1 atom stereocenters. The van der Waals surface area contributed by atoms with E-state index in [1.807, 2.05) is 12.1 Å². The highest BCUT2D eigenvalue weighted by Crippen LogP contribution is 2.36. The summed E-state index contributed by atoms with van der Waals surface area (Å²) in [6.45, 7) is 2.82. The van der Waals surface area contributed by atoms with Crippen molar-refractivity contribution in [3.8, 4) is 0 Å². The largest absolute Gasteiger partial charge is 0.383 e. The Morgan fingerprint density at radius 3 is 2.81 bits per heavy atom. The number of para-hydroxylation sites is 1. The Balaban J connectivity index is 2.11. The van der Waals surface area contributed by atoms with E-state index in [-0.39, 0.29) is 0 Å². The van der Waals surface area contributed by atoms with Crippen molar-refractivity contribution in [2.24, 2.45) is 5.92 Å². The SMILES string of the molecule is COCC(Nc1c(C)cccc1Cl)C1CC1. The monoisotopic (exact) mass is 239 g/mol. The molecule has 1 unspecified atom stereocenters. The molecule has 0 spiro atoms. The van der Waals surface area contributed by atoms with E-state index in [2.05, 4.69) is 18.3 Å². The van der Waals surface area contributed by atoms with Crippen LogP contribution >= 0.6 is 11.6 Å². The third-order valence-electron chi connectivity index (χ3n) is 3.09. The minimum Gasteiger partial charge on any atom is -0.383 e. The fraction of sp³-hybridized carbons (Fsp3) is 0.538. The molecule has 0 aromatic heterocycles. The van der Waals surface area contributed by atoms with Gasteiger partial charge in [0.05, 0.1) is 23.4 Å². The van der Waals surface area contributed by atoms with Crippen molar-refractivity contribution < 1.29 is 4.74 Å². The van der Waals surface area contributed by atoms with E-state index in [1.165, 1.54) is 18.4 Å². The van der Waals surface area contributed by atoms with Crippen LogP contribution < -0.4 is 5.32 Å². The van der Waals surface area contributed by atoms with Gasteiger partial charge < -0.3 is 10.1 Å². The predicted octanol–water partition coefficient (Wildman–Crippen LogP) is 3.49.